The van der Waals surface area contributed by atoms with Crippen LogP contribution < -0.4 is 11.5 Å². The normalized spacial score (nSPS) is 11.1. The third-order valence-electron chi connectivity index (χ3n) is 5.37. The monoisotopic (exact) mass is 490 g/mol. The number of amides is 1. The molecule has 0 saturated heterocycles. The van der Waals surface area contributed by atoms with E-state index in [1.165, 1.54) is 0 Å². The number of halogens is 3. The van der Waals surface area contributed by atoms with Crippen molar-refractivity contribution in [3.8, 4) is 28.1 Å². The molecule has 5 aromatic rings. The molecule has 0 aliphatic rings. The van der Waals surface area contributed by atoms with Gasteiger partial charge in [-0.05, 0) is 54.4 Å². The van der Waals surface area contributed by atoms with Crippen LogP contribution in [0.4, 0.5) is 18.9 Å². The maximum Gasteiger partial charge on any atom is 0.433 e. The molecule has 36 heavy (non-hydrogen) atoms. The molecule has 0 aliphatic carbocycles. The Morgan fingerprint density at radius 1 is 0.972 bits per heavy atom. The number of carbonyl (C=O) groups excluding carboxylic acids is 1. The van der Waals surface area contributed by atoms with Crippen LogP contribution in [-0.2, 0) is 11.0 Å². The summed E-state index contributed by atoms with van der Waals surface area (Å²) in [5, 5.41) is 0.582. The largest absolute Gasteiger partial charge is 0.433 e. The minimum absolute atomic E-state index is 0.218. The third kappa shape index (κ3) is 5.02. The highest BCUT2D eigenvalue weighted by atomic mass is 19.4. The van der Waals surface area contributed by atoms with Gasteiger partial charge < -0.3 is 16.0 Å². The SMILES string of the molecule is Cc1ccc(-c2cn(-c3cccc4c(-c5cccc(N)c5)cc(C(F)(F)F)nc34)cn2)cn1.NC=O. The number of carbonyl (C=O) groups is 1. The molecule has 0 bridgehead atoms. The highest BCUT2D eigenvalue weighted by molar-refractivity contribution is 5.99. The lowest BCUT2D eigenvalue weighted by atomic mass is 9.99. The molecule has 1 amide bonds. The molecule has 4 N–H and O–H groups in total. The number of para-hydroxylation sites is 1. The fourth-order valence-electron chi connectivity index (χ4n) is 3.75. The minimum Gasteiger partial charge on any atom is -0.399 e. The van der Waals surface area contributed by atoms with E-state index < -0.39 is 11.9 Å². The number of imidazole rings is 1. The van der Waals surface area contributed by atoms with Crippen LogP contribution in [0.5, 0.6) is 0 Å². The topological polar surface area (TPSA) is 113 Å². The van der Waals surface area contributed by atoms with Crippen LogP contribution in [0.3, 0.4) is 0 Å². The number of alkyl halides is 3. The first kappa shape index (κ1) is 24.4. The molecule has 3 heterocycles. The van der Waals surface area contributed by atoms with Crippen LogP contribution in [0.2, 0.25) is 0 Å². The summed E-state index contributed by atoms with van der Waals surface area (Å²) < 4.78 is 43.0. The minimum atomic E-state index is -4.61. The lowest BCUT2D eigenvalue weighted by Crippen LogP contribution is -2.09. The molecular weight excluding hydrogens is 469 g/mol. The fourth-order valence-corrected chi connectivity index (χ4v) is 3.75. The summed E-state index contributed by atoms with van der Waals surface area (Å²) in [7, 11) is 0. The number of pyridine rings is 2. The molecule has 2 aromatic carbocycles. The maximum absolute atomic E-state index is 13.8. The number of rotatable bonds is 3. The van der Waals surface area contributed by atoms with Crippen molar-refractivity contribution in [3.63, 3.8) is 0 Å². The van der Waals surface area contributed by atoms with Gasteiger partial charge in [0.2, 0.25) is 6.41 Å². The summed E-state index contributed by atoms with van der Waals surface area (Å²) in [6.07, 6.45) is 0.669. The van der Waals surface area contributed by atoms with Crippen LogP contribution >= 0.6 is 0 Å². The van der Waals surface area contributed by atoms with Crippen molar-refractivity contribution >= 4 is 23.0 Å². The Morgan fingerprint density at radius 3 is 2.39 bits per heavy atom. The zero-order chi connectivity index (χ0) is 25.9. The van der Waals surface area contributed by atoms with E-state index in [4.69, 9.17) is 10.5 Å². The van der Waals surface area contributed by atoms with Gasteiger partial charge in [0.05, 0.1) is 23.2 Å². The number of aryl methyl sites for hydroxylation is 1. The molecule has 0 saturated carbocycles. The number of nitrogens with zero attached hydrogens (tertiary/aromatic N) is 4. The number of aromatic nitrogens is 4. The molecule has 10 heteroatoms. The van der Waals surface area contributed by atoms with E-state index in [1.54, 1.807) is 65.8 Å². The first-order valence-corrected chi connectivity index (χ1v) is 10.7. The van der Waals surface area contributed by atoms with Crippen LogP contribution in [0.15, 0.2) is 79.4 Å². The number of hydrogen-bond donors (Lipinski definition) is 2. The summed E-state index contributed by atoms with van der Waals surface area (Å²) >= 11 is 0. The van der Waals surface area contributed by atoms with E-state index in [0.717, 1.165) is 17.3 Å². The van der Waals surface area contributed by atoms with Gasteiger partial charge in [0.15, 0.2) is 0 Å². The van der Waals surface area contributed by atoms with Crippen molar-refractivity contribution in [3.05, 3.63) is 90.8 Å². The Labute approximate surface area is 204 Å². The number of primary amides is 1. The first-order chi connectivity index (χ1) is 17.2. The van der Waals surface area contributed by atoms with E-state index in [-0.39, 0.29) is 11.9 Å². The van der Waals surface area contributed by atoms with E-state index in [9.17, 15) is 13.2 Å². The zero-order valence-corrected chi connectivity index (χ0v) is 19.1. The molecule has 0 spiro atoms. The van der Waals surface area contributed by atoms with Gasteiger partial charge in [-0.15, -0.1) is 0 Å². The van der Waals surface area contributed by atoms with Crippen LogP contribution in [0.1, 0.15) is 11.4 Å². The molecular formula is C26H21F3N6O. The summed E-state index contributed by atoms with van der Waals surface area (Å²) in [6, 6.07) is 16.9. The average molecular weight is 490 g/mol. The van der Waals surface area contributed by atoms with Crippen molar-refractivity contribution in [1.29, 1.82) is 0 Å². The quantitative estimate of drug-likeness (QED) is 0.268. The van der Waals surface area contributed by atoms with Gasteiger partial charge in [0.25, 0.3) is 0 Å². The standard InChI is InChI=1S/C25H18F3N5.CH3NO/c1-15-8-9-17(12-30-15)21-13-33(14-31-21)22-7-3-6-19-20(16-4-2-5-18(29)10-16)11-23(25(26,27)28)32-24(19)22;2-1-3/h2-14H,29H2,1H3;1H,(H2,2,3). The second-order valence-corrected chi connectivity index (χ2v) is 7.84. The highest BCUT2D eigenvalue weighted by Crippen LogP contribution is 2.37. The number of benzene rings is 2. The second kappa shape index (κ2) is 9.87. The van der Waals surface area contributed by atoms with E-state index in [1.807, 2.05) is 19.1 Å². The molecule has 0 fully saturated rings. The lowest BCUT2D eigenvalue weighted by Gasteiger charge is -2.15. The first-order valence-electron chi connectivity index (χ1n) is 10.7. The molecule has 0 unspecified atom stereocenters. The summed E-state index contributed by atoms with van der Waals surface area (Å²) in [4.78, 5) is 21.3. The van der Waals surface area contributed by atoms with E-state index >= 15 is 0 Å². The molecule has 0 aliphatic heterocycles. The van der Waals surface area contributed by atoms with Crippen molar-refractivity contribution in [2.75, 3.05) is 5.73 Å². The molecule has 7 nitrogen and oxygen atoms in total. The molecule has 0 atom stereocenters. The maximum atomic E-state index is 13.8. The second-order valence-electron chi connectivity index (χ2n) is 7.84. The number of nitrogen functional groups attached to an aromatic ring is 1. The van der Waals surface area contributed by atoms with Gasteiger partial charge in [-0.25, -0.2) is 9.97 Å². The van der Waals surface area contributed by atoms with Gasteiger partial charge >= 0.3 is 6.18 Å². The van der Waals surface area contributed by atoms with Gasteiger partial charge in [0, 0.05) is 34.7 Å². The van der Waals surface area contributed by atoms with Gasteiger partial charge in [-0.1, -0.05) is 24.3 Å². The van der Waals surface area contributed by atoms with E-state index in [2.05, 4.69) is 20.7 Å². The van der Waals surface area contributed by atoms with E-state index in [0.29, 0.717) is 33.6 Å². The van der Waals surface area contributed by atoms with Crippen molar-refractivity contribution in [2.45, 2.75) is 13.1 Å². The number of hydrogen-bond acceptors (Lipinski definition) is 5. The smallest absolute Gasteiger partial charge is 0.399 e. The number of anilines is 1. The summed E-state index contributed by atoms with van der Waals surface area (Å²) in [5.41, 5.74) is 13.6. The lowest BCUT2D eigenvalue weighted by molar-refractivity contribution is -0.140. The Kier molecular flexibility index (Phi) is 6.69. The highest BCUT2D eigenvalue weighted by Gasteiger charge is 2.34. The Hall–Kier alpha value is -4.73. The Bertz CT molecular complexity index is 1530. The van der Waals surface area contributed by atoms with Crippen molar-refractivity contribution < 1.29 is 18.0 Å². The van der Waals surface area contributed by atoms with Crippen LogP contribution in [-0.4, -0.2) is 25.9 Å². The fraction of sp³-hybridized carbons (Fsp3) is 0.0769. The van der Waals surface area contributed by atoms with Crippen LogP contribution in [0.25, 0.3) is 39.0 Å². The number of fused-ring (bicyclic) bond motifs is 1. The van der Waals surface area contributed by atoms with Gasteiger partial charge in [0.1, 0.15) is 5.69 Å². The molecule has 182 valence electrons. The molecule has 5 rings (SSSR count). The van der Waals surface area contributed by atoms with Gasteiger partial charge in [-0.2, -0.15) is 13.2 Å². The molecule has 0 radical (unpaired) electrons. The van der Waals surface area contributed by atoms with Crippen molar-refractivity contribution in [1.82, 2.24) is 19.5 Å². The zero-order valence-electron chi connectivity index (χ0n) is 19.1. The summed E-state index contributed by atoms with van der Waals surface area (Å²) in [5.74, 6) is 0. The average Bonchev–Trinajstić information content (AvgIpc) is 3.33. The van der Waals surface area contributed by atoms with Crippen LogP contribution in [0, 0.1) is 6.92 Å². The Morgan fingerprint density at radius 2 is 1.72 bits per heavy atom. The third-order valence-corrected chi connectivity index (χ3v) is 5.37. The predicted octanol–water partition coefficient (Wildman–Crippen LogP) is 5.16. The van der Waals surface area contributed by atoms with Crippen molar-refractivity contribution in [2.24, 2.45) is 5.73 Å². The Balaban J connectivity index is 0.000000967. The van der Waals surface area contributed by atoms with Gasteiger partial charge in [-0.3, -0.25) is 9.78 Å². The summed E-state index contributed by atoms with van der Waals surface area (Å²) in [6.45, 7) is 1.89. The molecule has 3 aromatic heterocycles. The number of nitrogens with two attached hydrogens (primary N) is 2. The predicted molar refractivity (Wildman–Crippen MR) is 132 cm³/mol.